The predicted octanol–water partition coefficient (Wildman–Crippen LogP) is 11.8. The number of aryl methyl sites for hydroxylation is 1. The van der Waals surface area contributed by atoms with Gasteiger partial charge in [0, 0.05) is 39.7 Å². The summed E-state index contributed by atoms with van der Waals surface area (Å²) in [4.78, 5) is 23.7. The number of fused-ring (bicyclic) bond motifs is 3. The Morgan fingerprint density at radius 3 is 2.17 bits per heavy atom. The second kappa shape index (κ2) is 17.2. The standard InChI is InChI=1S/C55H47N5/c1-8-22-38(10-3)36(5)34-46(54-57-48-30-20-18-28-44(48)52(59-54)40-24-14-12-15-25-40)42-32-33-43-47(35-50(39(11-4)23-9-2)56-51(43)37(42)6)55-58-49-31-21-19-29-45(49)53(60(55)7)41-26-16-13-17-27-41/h8-35,55H,2,4-5H2,1,3,6-7H3/b22-8-,38-10+,39-23+,46-34+. The fraction of sp³-hybridized carbons (Fsp3) is 0.0909. The van der Waals surface area contributed by atoms with Crippen LogP contribution in [-0.2, 0) is 0 Å². The van der Waals surface area contributed by atoms with Crippen LogP contribution in [0.3, 0.4) is 0 Å². The van der Waals surface area contributed by atoms with Crippen molar-refractivity contribution in [1.29, 1.82) is 0 Å². The first-order valence-electron chi connectivity index (χ1n) is 20.2. The topological polar surface area (TPSA) is 54.3 Å². The first-order chi connectivity index (χ1) is 29.3. The van der Waals surface area contributed by atoms with Crippen molar-refractivity contribution in [2.24, 2.45) is 4.99 Å². The van der Waals surface area contributed by atoms with Crippen molar-refractivity contribution in [2.75, 3.05) is 7.05 Å². The molecule has 0 spiro atoms. The highest BCUT2D eigenvalue weighted by atomic mass is 15.2. The number of allylic oxidation sites excluding steroid dienone is 10. The minimum Gasteiger partial charge on any atom is -0.348 e. The van der Waals surface area contributed by atoms with Crippen molar-refractivity contribution < 1.29 is 0 Å². The van der Waals surface area contributed by atoms with Gasteiger partial charge in [0.2, 0.25) is 0 Å². The van der Waals surface area contributed by atoms with E-state index in [9.17, 15) is 0 Å². The number of aromatic nitrogens is 3. The van der Waals surface area contributed by atoms with Crippen LogP contribution in [0.1, 0.15) is 53.8 Å². The SMILES string of the molecule is C=C/C=C(\C=C)c1cc(C2N=c3ccccc3=C(c3ccccc3)N2C)c2ccc(/C(=C\C(=C)C(/C=C\C)=C/C)c3nc(-c4ccccc4)c4ccccc4n3)c(C)c2n1. The number of benzene rings is 5. The quantitative estimate of drug-likeness (QED) is 0.123. The van der Waals surface area contributed by atoms with Crippen molar-refractivity contribution in [1.82, 2.24) is 19.9 Å². The number of hydrogen-bond donors (Lipinski definition) is 0. The molecule has 3 heterocycles. The lowest BCUT2D eigenvalue weighted by molar-refractivity contribution is 0.353. The number of hydrogen-bond acceptors (Lipinski definition) is 5. The average molecular weight is 778 g/mol. The van der Waals surface area contributed by atoms with Crippen LogP contribution < -0.4 is 10.6 Å². The molecule has 0 fully saturated rings. The first-order valence-corrected chi connectivity index (χ1v) is 20.2. The number of nitrogens with zero attached hydrogens (tertiary/aromatic N) is 5. The van der Waals surface area contributed by atoms with Gasteiger partial charge in [-0.15, -0.1) is 0 Å². The lowest BCUT2D eigenvalue weighted by Gasteiger charge is -2.33. The highest BCUT2D eigenvalue weighted by Crippen LogP contribution is 2.39. The molecule has 0 saturated heterocycles. The van der Waals surface area contributed by atoms with E-state index < -0.39 is 0 Å². The summed E-state index contributed by atoms with van der Waals surface area (Å²) in [5.74, 6) is 0.600. The van der Waals surface area contributed by atoms with Crippen LogP contribution in [0.25, 0.3) is 49.9 Å². The molecule has 1 atom stereocenters. The third-order valence-electron chi connectivity index (χ3n) is 11.1. The fourth-order valence-electron chi connectivity index (χ4n) is 8.15. The molecule has 0 radical (unpaired) electrons. The maximum atomic E-state index is 5.44. The van der Waals surface area contributed by atoms with Gasteiger partial charge in [-0.1, -0.05) is 165 Å². The van der Waals surface area contributed by atoms with Crippen LogP contribution in [0.5, 0.6) is 0 Å². The monoisotopic (exact) mass is 777 g/mol. The number of rotatable bonds is 11. The molecule has 1 aliphatic rings. The number of para-hydroxylation sites is 2. The lowest BCUT2D eigenvalue weighted by atomic mass is 9.91. The van der Waals surface area contributed by atoms with Gasteiger partial charge >= 0.3 is 0 Å². The molecule has 0 amide bonds. The third-order valence-corrected chi connectivity index (χ3v) is 11.1. The minimum atomic E-state index is -0.357. The maximum Gasteiger partial charge on any atom is 0.161 e. The molecule has 60 heavy (non-hydrogen) atoms. The van der Waals surface area contributed by atoms with Gasteiger partial charge in [-0.2, -0.15) is 0 Å². The molecule has 7 aromatic rings. The predicted molar refractivity (Wildman–Crippen MR) is 251 cm³/mol. The van der Waals surface area contributed by atoms with E-state index >= 15 is 0 Å². The summed E-state index contributed by atoms with van der Waals surface area (Å²) in [6.07, 6.45) is 13.5. The largest absolute Gasteiger partial charge is 0.348 e. The summed E-state index contributed by atoms with van der Waals surface area (Å²) < 4.78 is 0. The van der Waals surface area contributed by atoms with Gasteiger partial charge in [-0.25, -0.2) is 15.0 Å². The van der Waals surface area contributed by atoms with Gasteiger partial charge in [-0.3, -0.25) is 4.99 Å². The molecule has 1 aliphatic heterocycles. The van der Waals surface area contributed by atoms with E-state index in [0.29, 0.717) is 5.82 Å². The van der Waals surface area contributed by atoms with Gasteiger partial charge in [0.25, 0.3) is 0 Å². The Morgan fingerprint density at radius 1 is 0.750 bits per heavy atom. The van der Waals surface area contributed by atoms with Crippen LogP contribution in [-0.4, -0.2) is 26.9 Å². The third kappa shape index (κ3) is 7.38. The van der Waals surface area contributed by atoms with E-state index in [-0.39, 0.29) is 6.17 Å². The van der Waals surface area contributed by atoms with Crippen LogP contribution in [0, 0.1) is 6.92 Å². The molecular formula is C55H47N5. The fourth-order valence-corrected chi connectivity index (χ4v) is 8.15. The second-order valence-corrected chi connectivity index (χ2v) is 14.7. The summed E-state index contributed by atoms with van der Waals surface area (Å²) in [6, 6.07) is 43.9. The van der Waals surface area contributed by atoms with E-state index in [2.05, 4.69) is 154 Å². The van der Waals surface area contributed by atoms with Crippen LogP contribution in [0.2, 0.25) is 0 Å². The van der Waals surface area contributed by atoms with E-state index in [1.807, 2.05) is 62.4 Å². The highest BCUT2D eigenvalue weighted by Gasteiger charge is 2.28. The highest BCUT2D eigenvalue weighted by molar-refractivity contribution is 5.97. The van der Waals surface area contributed by atoms with E-state index in [0.717, 1.165) is 99.6 Å². The Morgan fingerprint density at radius 2 is 1.45 bits per heavy atom. The van der Waals surface area contributed by atoms with Gasteiger partial charge in [0.05, 0.1) is 33.5 Å². The molecule has 0 saturated carbocycles. The minimum absolute atomic E-state index is 0.357. The maximum absolute atomic E-state index is 5.44. The molecule has 0 bridgehead atoms. The normalized spacial score (nSPS) is 14.7. The smallest absolute Gasteiger partial charge is 0.161 e. The molecule has 8 rings (SSSR count). The lowest BCUT2D eigenvalue weighted by Crippen LogP contribution is -2.40. The summed E-state index contributed by atoms with van der Waals surface area (Å²) in [5, 5.41) is 4.02. The molecule has 5 aromatic carbocycles. The van der Waals surface area contributed by atoms with Gasteiger partial charge in [0.1, 0.15) is 6.17 Å². The van der Waals surface area contributed by atoms with Gasteiger partial charge in [-0.05, 0) is 78.5 Å². The Labute approximate surface area is 352 Å². The van der Waals surface area contributed by atoms with Crippen molar-refractivity contribution in [2.45, 2.75) is 26.9 Å². The molecular weight excluding hydrogens is 731 g/mol. The summed E-state index contributed by atoms with van der Waals surface area (Å²) >= 11 is 0. The molecule has 0 N–H and O–H groups in total. The molecule has 5 nitrogen and oxygen atoms in total. The van der Waals surface area contributed by atoms with Crippen LogP contribution in [0.4, 0.5) is 0 Å². The Balaban J connectivity index is 1.41. The Kier molecular flexibility index (Phi) is 11.2. The zero-order valence-corrected chi connectivity index (χ0v) is 34.6. The van der Waals surface area contributed by atoms with Crippen molar-refractivity contribution in [3.63, 3.8) is 0 Å². The van der Waals surface area contributed by atoms with Gasteiger partial charge in [0.15, 0.2) is 5.82 Å². The Bertz CT molecular complexity index is 3080. The zero-order valence-electron chi connectivity index (χ0n) is 34.6. The average Bonchev–Trinajstić information content (AvgIpc) is 3.29. The molecule has 292 valence electrons. The molecule has 5 heteroatoms. The molecule has 1 unspecified atom stereocenters. The van der Waals surface area contributed by atoms with Crippen molar-refractivity contribution >= 4 is 38.6 Å². The van der Waals surface area contributed by atoms with Crippen LogP contribution >= 0.6 is 0 Å². The zero-order chi connectivity index (χ0) is 41.8. The van der Waals surface area contributed by atoms with E-state index in [4.69, 9.17) is 19.9 Å². The molecule has 2 aromatic heterocycles. The summed E-state index contributed by atoms with van der Waals surface area (Å²) in [5.41, 5.74) is 13.1. The Hall–Kier alpha value is -7.50. The molecule has 0 aliphatic carbocycles. The second-order valence-electron chi connectivity index (χ2n) is 14.7. The van der Waals surface area contributed by atoms with Crippen molar-refractivity contribution in [3.05, 3.63) is 245 Å². The van der Waals surface area contributed by atoms with E-state index in [1.54, 1.807) is 6.08 Å². The van der Waals surface area contributed by atoms with E-state index in [1.165, 1.54) is 0 Å². The van der Waals surface area contributed by atoms with Crippen molar-refractivity contribution in [3.8, 4) is 11.3 Å². The summed E-state index contributed by atoms with van der Waals surface area (Å²) in [6.45, 7) is 18.9. The number of pyridine rings is 1. The van der Waals surface area contributed by atoms with Gasteiger partial charge < -0.3 is 4.90 Å². The summed E-state index contributed by atoms with van der Waals surface area (Å²) in [7, 11) is 2.13. The first kappa shape index (κ1) is 39.3. The van der Waals surface area contributed by atoms with Crippen LogP contribution in [0.15, 0.2) is 206 Å².